The number of amides is 1. The first-order chi connectivity index (χ1) is 6.65. The van der Waals surface area contributed by atoms with Crippen molar-refractivity contribution in [2.24, 2.45) is 5.73 Å². The molecule has 0 spiro atoms. The summed E-state index contributed by atoms with van der Waals surface area (Å²) >= 11 is 0. The van der Waals surface area contributed by atoms with Gasteiger partial charge in [-0.2, -0.15) is 0 Å². The third kappa shape index (κ3) is 2.35. The molecule has 0 heterocycles. The molecule has 0 unspecified atom stereocenters. The van der Waals surface area contributed by atoms with Crippen LogP contribution in [0.15, 0.2) is 18.2 Å². The molecule has 14 heavy (non-hydrogen) atoms. The lowest BCUT2D eigenvalue weighted by atomic mass is 10.2. The molecule has 0 aliphatic rings. The number of primary amides is 1. The van der Waals surface area contributed by atoms with Crippen LogP contribution in [0.4, 0.5) is 10.1 Å². The monoisotopic (exact) mass is 198 g/mol. The van der Waals surface area contributed by atoms with Gasteiger partial charge in [-0.15, -0.1) is 0 Å². The minimum Gasteiger partial charge on any atom is -0.490 e. The summed E-state index contributed by atoms with van der Waals surface area (Å²) < 4.78 is 16.8. The molecule has 0 bridgehead atoms. The standard InChI is InChI=1S/C9H11FN2O2/c10-3-4-14-8-5-6(11)1-2-7(8)9(12)13/h1-2,5H,3-4,11H2,(H2,12,13). The van der Waals surface area contributed by atoms with Gasteiger partial charge in [-0.1, -0.05) is 0 Å². The highest BCUT2D eigenvalue weighted by Gasteiger charge is 2.09. The van der Waals surface area contributed by atoms with Crippen LogP contribution in [0.25, 0.3) is 0 Å². The molecule has 0 fully saturated rings. The second-order valence-electron chi connectivity index (χ2n) is 2.66. The minimum absolute atomic E-state index is 0.121. The molecule has 0 aromatic heterocycles. The van der Waals surface area contributed by atoms with Crippen molar-refractivity contribution in [3.63, 3.8) is 0 Å². The van der Waals surface area contributed by atoms with E-state index in [2.05, 4.69) is 0 Å². The van der Waals surface area contributed by atoms with Crippen molar-refractivity contribution >= 4 is 11.6 Å². The first-order valence-electron chi connectivity index (χ1n) is 4.03. The molecule has 1 aromatic rings. The Labute approximate surface area is 80.6 Å². The van der Waals surface area contributed by atoms with Crippen LogP contribution >= 0.6 is 0 Å². The van der Waals surface area contributed by atoms with Crippen molar-refractivity contribution in [1.29, 1.82) is 0 Å². The van der Waals surface area contributed by atoms with Gasteiger partial charge >= 0.3 is 0 Å². The maximum Gasteiger partial charge on any atom is 0.252 e. The number of nitrogen functional groups attached to an aromatic ring is 1. The first-order valence-corrected chi connectivity index (χ1v) is 4.03. The number of carbonyl (C=O) groups excluding carboxylic acids is 1. The topological polar surface area (TPSA) is 78.3 Å². The highest BCUT2D eigenvalue weighted by atomic mass is 19.1. The molecule has 76 valence electrons. The predicted octanol–water partition coefficient (Wildman–Crippen LogP) is 0.716. The van der Waals surface area contributed by atoms with Gasteiger partial charge in [0, 0.05) is 11.8 Å². The normalized spacial score (nSPS) is 9.79. The zero-order valence-corrected chi connectivity index (χ0v) is 7.50. The van der Waals surface area contributed by atoms with Crippen molar-refractivity contribution in [3.8, 4) is 5.75 Å². The predicted molar refractivity (Wildman–Crippen MR) is 50.8 cm³/mol. The largest absolute Gasteiger partial charge is 0.490 e. The molecule has 5 heteroatoms. The van der Waals surface area contributed by atoms with E-state index in [1.54, 1.807) is 0 Å². The second-order valence-corrected chi connectivity index (χ2v) is 2.66. The fraction of sp³-hybridized carbons (Fsp3) is 0.222. The van der Waals surface area contributed by atoms with Crippen LogP contribution in [0.5, 0.6) is 5.75 Å². The van der Waals surface area contributed by atoms with Crippen LogP contribution in [0.2, 0.25) is 0 Å². The molecule has 0 radical (unpaired) electrons. The van der Waals surface area contributed by atoms with Crippen molar-refractivity contribution in [3.05, 3.63) is 23.8 Å². The molecule has 0 aliphatic heterocycles. The van der Waals surface area contributed by atoms with Gasteiger partial charge in [0.15, 0.2) is 0 Å². The summed E-state index contributed by atoms with van der Waals surface area (Å²) in [6, 6.07) is 4.42. The van der Waals surface area contributed by atoms with Crippen molar-refractivity contribution in [1.82, 2.24) is 0 Å². The number of halogens is 1. The average Bonchev–Trinajstić information content (AvgIpc) is 2.14. The highest BCUT2D eigenvalue weighted by Crippen LogP contribution is 2.21. The number of alkyl halides is 1. The summed E-state index contributed by atoms with van der Waals surface area (Å²) in [4.78, 5) is 10.9. The van der Waals surface area contributed by atoms with Gasteiger partial charge in [0.05, 0.1) is 5.56 Å². The molecular formula is C9H11FN2O2. The minimum atomic E-state index is -0.632. The maximum atomic E-state index is 11.8. The van der Waals surface area contributed by atoms with Gasteiger partial charge in [0.2, 0.25) is 0 Å². The Morgan fingerprint density at radius 1 is 1.50 bits per heavy atom. The van der Waals surface area contributed by atoms with E-state index in [4.69, 9.17) is 16.2 Å². The fourth-order valence-corrected chi connectivity index (χ4v) is 1.01. The number of anilines is 1. The van der Waals surface area contributed by atoms with Gasteiger partial charge < -0.3 is 16.2 Å². The van der Waals surface area contributed by atoms with Gasteiger partial charge in [-0.3, -0.25) is 4.79 Å². The summed E-state index contributed by atoms with van der Waals surface area (Å²) in [6.45, 7) is -0.753. The lowest BCUT2D eigenvalue weighted by molar-refractivity contribution is 0.0996. The van der Waals surface area contributed by atoms with Crippen LogP contribution in [0.1, 0.15) is 10.4 Å². The summed E-state index contributed by atoms with van der Waals surface area (Å²) in [7, 11) is 0. The molecular weight excluding hydrogens is 187 g/mol. The SMILES string of the molecule is NC(=O)c1ccc(N)cc1OCCF. The van der Waals surface area contributed by atoms with E-state index < -0.39 is 12.6 Å². The number of carbonyl (C=O) groups is 1. The van der Waals surface area contributed by atoms with E-state index in [0.29, 0.717) is 5.69 Å². The van der Waals surface area contributed by atoms with Crippen LogP contribution in [-0.2, 0) is 0 Å². The van der Waals surface area contributed by atoms with E-state index in [0.717, 1.165) is 0 Å². The second kappa shape index (κ2) is 4.45. The number of ether oxygens (including phenoxy) is 1. The summed E-state index contributed by atoms with van der Waals surface area (Å²) in [6.07, 6.45) is 0. The highest BCUT2D eigenvalue weighted by molar-refractivity contribution is 5.96. The molecule has 0 atom stereocenters. The zero-order chi connectivity index (χ0) is 10.6. The van der Waals surface area contributed by atoms with Crippen LogP contribution in [0.3, 0.4) is 0 Å². The summed E-state index contributed by atoms with van der Waals surface area (Å²) in [5, 5.41) is 0. The van der Waals surface area contributed by atoms with E-state index in [9.17, 15) is 9.18 Å². The van der Waals surface area contributed by atoms with Gasteiger partial charge in [0.1, 0.15) is 19.0 Å². The maximum absolute atomic E-state index is 11.8. The number of nitrogens with two attached hydrogens (primary N) is 2. The van der Waals surface area contributed by atoms with E-state index in [1.807, 2.05) is 0 Å². The first kappa shape index (κ1) is 10.3. The number of hydrogen-bond donors (Lipinski definition) is 2. The van der Waals surface area contributed by atoms with Crippen molar-refractivity contribution < 1.29 is 13.9 Å². The van der Waals surface area contributed by atoms with E-state index >= 15 is 0 Å². The Morgan fingerprint density at radius 3 is 2.79 bits per heavy atom. The number of hydrogen-bond acceptors (Lipinski definition) is 3. The quantitative estimate of drug-likeness (QED) is 0.699. The fourth-order valence-electron chi connectivity index (χ4n) is 1.01. The molecule has 1 rings (SSSR count). The molecule has 1 aromatic carbocycles. The molecule has 1 amide bonds. The van der Waals surface area contributed by atoms with Crippen molar-refractivity contribution in [2.45, 2.75) is 0 Å². The number of rotatable bonds is 4. The third-order valence-corrected chi connectivity index (χ3v) is 1.61. The molecule has 0 aliphatic carbocycles. The van der Waals surface area contributed by atoms with Gasteiger partial charge in [0.25, 0.3) is 5.91 Å². The third-order valence-electron chi connectivity index (χ3n) is 1.61. The van der Waals surface area contributed by atoms with E-state index in [1.165, 1.54) is 18.2 Å². The van der Waals surface area contributed by atoms with E-state index in [-0.39, 0.29) is 17.9 Å². The van der Waals surface area contributed by atoms with Gasteiger partial charge in [-0.25, -0.2) is 4.39 Å². The van der Waals surface area contributed by atoms with Gasteiger partial charge in [-0.05, 0) is 12.1 Å². The van der Waals surface area contributed by atoms with Crippen LogP contribution in [-0.4, -0.2) is 19.2 Å². The Balaban J connectivity index is 2.97. The Hall–Kier alpha value is -1.78. The Bertz CT molecular complexity index is 342. The average molecular weight is 198 g/mol. The molecule has 4 nitrogen and oxygen atoms in total. The summed E-state index contributed by atoms with van der Waals surface area (Å²) in [5.41, 5.74) is 11.2. The Kier molecular flexibility index (Phi) is 3.28. The van der Waals surface area contributed by atoms with Crippen LogP contribution in [0, 0.1) is 0 Å². The molecule has 0 saturated heterocycles. The number of benzene rings is 1. The smallest absolute Gasteiger partial charge is 0.252 e. The van der Waals surface area contributed by atoms with Crippen molar-refractivity contribution in [2.75, 3.05) is 19.0 Å². The van der Waals surface area contributed by atoms with Crippen LogP contribution < -0.4 is 16.2 Å². The molecule has 4 N–H and O–H groups in total. The lowest BCUT2D eigenvalue weighted by Crippen LogP contribution is -2.14. The lowest BCUT2D eigenvalue weighted by Gasteiger charge is -2.08. The summed E-state index contributed by atoms with van der Waals surface area (Å²) in [5.74, 6) is -0.408. The molecule has 0 saturated carbocycles. The Morgan fingerprint density at radius 2 is 2.21 bits per heavy atom. The zero-order valence-electron chi connectivity index (χ0n) is 7.50.